The molecule has 0 saturated carbocycles. The molecule has 0 saturated heterocycles. The smallest absolute Gasteiger partial charge is 0.244 e. The van der Waals surface area contributed by atoms with Crippen LogP contribution in [0.3, 0.4) is 0 Å². The lowest BCUT2D eigenvalue weighted by atomic mass is 10.3. The highest BCUT2D eigenvalue weighted by atomic mass is 35.5. The van der Waals surface area contributed by atoms with Crippen molar-refractivity contribution in [2.75, 3.05) is 23.8 Å². The van der Waals surface area contributed by atoms with Crippen LogP contribution in [0.15, 0.2) is 18.3 Å². The number of halogens is 1. The number of nitrogens with zero attached hydrogens (tertiary/aromatic N) is 3. The number of aromatic amines is 1. The number of rotatable bonds is 4. The average molecular weight is 294 g/mol. The summed E-state index contributed by atoms with van der Waals surface area (Å²) in [6.45, 7) is 3.89. The van der Waals surface area contributed by atoms with Gasteiger partial charge in [-0.1, -0.05) is 11.6 Å². The zero-order valence-electron chi connectivity index (χ0n) is 11.6. The number of H-pyrrole nitrogens is 1. The molecule has 2 aromatic rings. The summed E-state index contributed by atoms with van der Waals surface area (Å²) < 4.78 is 0. The summed E-state index contributed by atoms with van der Waals surface area (Å²) in [4.78, 5) is 17.9. The average Bonchev–Trinajstić information content (AvgIpc) is 2.71. The number of carbonyl (C=O) groups is 1. The van der Waals surface area contributed by atoms with Gasteiger partial charge in [0.2, 0.25) is 5.91 Å². The van der Waals surface area contributed by atoms with Gasteiger partial charge in [0.25, 0.3) is 0 Å². The van der Waals surface area contributed by atoms with Crippen molar-refractivity contribution < 1.29 is 4.79 Å². The minimum Gasteiger partial charge on any atom is -0.350 e. The van der Waals surface area contributed by atoms with E-state index in [2.05, 4.69) is 20.5 Å². The number of carbonyl (C=O) groups excluding carboxylic acids is 1. The molecule has 0 fully saturated rings. The van der Waals surface area contributed by atoms with Crippen molar-refractivity contribution in [3.05, 3.63) is 34.7 Å². The first kappa shape index (κ1) is 14.3. The number of hydrogen-bond acceptors (Lipinski definition) is 4. The Balaban J connectivity index is 1.99. The number of amides is 1. The van der Waals surface area contributed by atoms with E-state index in [0.717, 1.165) is 17.1 Å². The van der Waals surface area contributed by atoms with E-state index in [1.165, 1.54) is 0 Å². The van der Waals surface area contributed by atoms with Gasteiger partial charge in [-0.25, -0.2) is 4.98 Å². The second kappa shape index (κ2) is 5.92. The molecular formula is C13H16ClN5O. The number of likely N-dealkylation sites (N-methyl/N-ethyl adjacent to an activating group) is 1. The first-order chi connectivity index (χ1) is 9.47. The van der Waals surface area contributed by atoms with E-state index in [0.29, 0.717) is 10.8 Å². The number of anilines is 2. The Hall–Kier alpha value is -2.08. The van der Waals surface area contributed by atoms with Crippen LogP contribution in [0.2, 0.25) is 5.02 Å². The van der Waals surface area contributed by atoms with Crippen LogP contribution in [0.5, 0.6) is 0 Å². The third-order valence-electron chi connectivity index (χ3n) is 2.88. The maximum Gasteiger partial charge on any atom is 0.244 e. The van der Waals surface area contributed by atoms with Crippen LogP contribution in [0.4, 0.5) is 11.5 Å². The molecule has 0 radical (unpaired) electrons. The molecule has 2 N–H and O–H groups in total. The van der Waals surface area contributed by atoms with Crippen molar-refractivity contribution in [1.82, 2.24) is 15.2 Å². The Labute approximate surface area is 122 Å². The fraction of sp³-hybridized carbons (Fsp3) is 0.308. The summed E-state index contributed by atoms with van der Waals surface area (Å²) in [7, 11) is 1.80. The lowest BCUT2D eigenvalue weighted by Gasteiger charge is -2.17. The predicted octanol–water partition coefficient (Wildman–Crippen LogP) is 2.15. The topological polar surface area (TPSA) is 73.9 Å². The molecule has 20 heavy (non-hydrogen) atoms. The first-order valence-electron chi connectivity index (χ1n) is 6.11. The molecule has 2 rings (SSSR count). The van der Waals surface area contributed by atoms with Gasteiger partial charge in [0.1, 0.15) is 5.82 Å². The maximum absolute atomic E-state index is 12.0. The van der Waals surface area contributed by atoms with Crippen LogP contribution >= 0.6 is 11.6 Å². The number of pyridine rings is 1. The largest absolute Gasteiger partial charge is 0.350 e. The van der Waals surface area contributed by atoms with Gasteiger partial charge in [-0.15, -0.1) is 0 Å². The van der Waals surface area contributed by atoms with Gasteiger partial charge >= 0.3 is 0 Å². The number of nitrogens with one attached hydrogen (secondary N) is 2. The molecule has 0 bridgehead atoms. The van der Waals surface area contributed by atoms with Crippen molar-refractivity contribution in [2.24, 2.45) is 0 Å². The van der Waals surface area contributed by atoms with Gasteiger partial charge in [-0.2, -0.15) is 5.10 Å². The Kier molecular flexibility index (Phi) is 4.24. The third kappa shape index (κ3) is 3.27. The van der Waals surface area contributed by atoms with Crippen LogP contribution in [-0.2, 0) is 4.79 Å². The normalized spacial score (nSPS) is 10.4. The molecule has 0 unspecified atom stereocenters. The fourth-order valence-corrected chi connectivity index (χ4v) is 1.92. The minimum absolute atomic E-state index is 0.128. The van der Waals surface area contributed by atoms with Gasteiger partial charge in [-0.05, 0) is 26.0 Å². The van der Waals surface area contributed by atoms with Crippen molar-refractivity contribution in [2.45, 2.75) is 13.8 Å². The van der Waals surface area contributed by atoms with E-state index in [9.17, 15) is 4.79 Å². The molecule has 6 nitrogen and oxygen atoms in total. The summed E-state index contributed by atoms with van der Waals surface area (Å²) in [6.07, 6.45) is 1.55. The highest BCUT2D eigenvalue weighted by Crippen LogP contribution is 2.16. The Morgan fingerprint density at radius 1 is 1.45 bits per heavy atom. The van der Waals surface area contributed by atoms with Gasteiger partial charge < -0.3 is 10.2 Å². The molecule has 1 amide bonds. The van der Waals surface area contributed by atoms with E-state index in [1.54, 1.807) is 30.3 Å². The quantitative estimate of drug-likeness (QED) is 0.906. The second-order valence-electron chi connectivity index (χ2n) is 4.55. The Morgan fingerprint density at radius 2 is 2.20 bits per heavy atom. The SMILES string of the molecule is Cc1n[nH]c(C)c1NC(=O)CN(C)c1ccc(Cl)cn1. The van der Waals surface area contributed by atoms with E-state index >= 15 is 0 Å². The lowest BCUT2D eigenvalue weighted by Crippen LogP contribution is -2.30. The van der Waals surface area contributed by atoms with Crippen LogP contribution in [0.25, 0.3) is 0 Å². The van der Waals surface area contributed by atoms with Crippen molar-refractivity contribution in [3.63, 3.8) is 0 Å². The summed E-state index contributed by atoms with van der Waals surface area (Å²) in [5.74, 6) is 0.557. The molecule has 2 aromatic heterocycles. The third-order valence-corrected chi connectivity index (χ3v) is 3.10. The standard InChI is InChI=1S/C13H16ClN5O/c1-8-13(9(2)18-17-8)16-12(20)7-19(3)11-5-4-10(14)6-15-11/h4-6H,7H2,1-3H3,(H,16,20)(H,17,18). The first-order valence-corrected chi connectivity index (χ1v) is 6.49. The highest BCUT2D eigenvalue weighted by molar-refractivity contribution is 6.30. The summed E-state index contributed by atoms with van der Waals surface area (Å²) >= 11 is 5.78. The zero-order chi connectivity index (χ0) is 14.7. The van der Waals surface area contributed by atoms with Gasteiger partial charge in [0.05, 0.1) is 28.6 Å². The van der Waals surface area contributed by atoms with E-state index < -0.39 is 0 Å². The molecule has 0 aliphatic carbocycles. The van der Waals surface area contributed by atoms with Crippen molar-refractivity contribution >= 4 is 29.0 Å². The number of aromatic nitrogens is 3. The van der Waals surface area contributed by atoms with Crippen LogP contribution < -0.4 is 10.2 Å². The molecule has 2 heterocycles. The summed E-state index contributed by atoms with van der Waals surface area (Å²) in [5, 5.41) is 10.3. The van der Waals surface area contributed by atoms with Crippen LogP contribution in [-0.4, -0.2) is 34.7 Å². The van der Waals surface area contributed by atoms with E-state index in [4.69, 9.17) is 11.6 Å². The molecule has 0 atom stereocenters. The van der Waals surface area contributed by atoms with Gasteiger partial charge in [0.15, 0.2) is 0 Å². The Morgan fingerprint density at radius 3 is 2.75 bits per heavy atom. The maximum atomic E-state index is 12.0. The Bertz CT molecular complexity index is 588. The van der Waals surface area contributed by atoms with Gasteiger partial charge in [-0.3, -0.25) is 9.89 Å². The molecule has 0 spiro atoms. The van der Waals surface area contributed by atoms with E-state index in [1.807, 2.05) is 13.8 Å². The molecular weight excluding hydrogens is 278 g/mol. The molecule has 0 aliphatic rings. The molecule has 106 valence electrons. The van der Waals surface area contributed by atoms with Crippen molar-refractivity contribution in [3.8, 4) is 0 Å². The van der Waals surface area contributed by atoms with Crippen LogP contribution in [0.1, 0.15) is 11.4 Å². The number of aryl methyl sites for hydroxylation is 2. The zero-order valence-corrected chi connectivity index (χ0v) is 12.3. The summed E-state index contributed by atoms with van der Waals surface area (Å²) in [6, 6.07) is 3.51. The molecule has 7 heteroatoms. The second-order valence-corrected chi connectivity index (χ2v) is 4.98. The van der Waals surface area contributed by atoms with E-state index in [-0.39, 0.29) is 12.5 Å². The predicted molar refractivity (Wildman–Crippen MR) is 79.2 cm³/mol. The minimum atomic E-state index is -0.128. The summed E-state index contributed by atoms with van der Waals surface area (Å²) in [5.41, 5.74) is 2.33. The fourth-order valence-electron chi connectivity index (χ4n) is 1.80. The monoisotopic (exact) mass is 293 g/mol. The number of hydrogen-bond donors (Lipinski definition) is 2. The van der Waals surface area contributed by atoms with Crippen molar-refractivity contribution in [1.29, 1.82) is 0 Å². The molecule has 0 aliphatic heterocycles. The lowest BCUT2D eigenvalue weighted by molar-refractivity contribution is -0.114. The molecule has 0 aromatic carbocycles. The highest BCUT2D eigenvalue weighted by Gasteiger charge is 2.12. The van der Waals surface area contributed by atoms with Gasteiger partial charge in [0, 0.05) is 13.2 Å². The van der Waals surface area contributed by atoms with Crippen LogP contribution in [0, 0.1) is 13.8 Å².